The molecule has 308 valence electrons. The van der Waals surface area contributed by atoms with E-state index in [2.05, 4.69) is 125 Å². The first-order valence-electron chi connectivity index (χ1n) is 21.7. The minimum Gasteiger partial charge on any atom is -0.309 e. The zero-order chi connectivity index (χ0) is 43.6. The van der Waals surface area contributed by atoms with E-state index in [0.29, 0.717) is 11.3 Å². The van der Waals surface area contributed by atoms with Gasteiger partial charge in [-0.05, 0) is 97.4 Å². The maximum Gasteiger partial charge on any atom is 0.134 e. The summed E-state index contributed by atoms with van der Waals surface area (Å²) in [5.74, 6) is -1.25. The van der Waals surface area contributed by atoms with Gasteiger partial charge in [-0.25, -0.2) is 18.7 Å². The lowest BCUT2D eigenvalue weighted by Gasteiger charge is -2.22. The van der Waals surface area contributed by atoms with Gasteiger partial charge in [0.25, 0.3) is 0 Å². The quantitative estimate of drug-likeness (QED) is 0.160. The van der Waals surface area contributed by atoms with Crippen molar-refractivity contribution in [3.63, 3.8) is 0 Å². The molecule has 0 N–H and O–H groups in total. The van der Waals surface area contributed by atoms with Crippen LogP contribution in [0.15, 0.2) is 212 Å². The largest absolute Gasteiger partial charge is 0.309 e. The van der Waals surface area contributed by atoms with Crippen molar-refractivity contribution >= 4 is 43.6 Å². The van der Waals surface area contributed by atoms with Crippen LogP contribution in [0.5, 0.6) is 0 Å². The number of nitrogens with zero attached hydrogens (tertiary/aromatic N) is 4. The van der Waals surface area contributed by atoms with Crippen LogP contribution in [0.3, 0.4) is 0 Å². The molecule has 4 aromatic heterocycles. The minimum absolute atomic E-state index is 0.0706. The second-order valence-electron chi connectivity index (χ2n) is 16.4. The highest BCUT2D eigenvalue weighted by molar-refractivity contribution is 6.12. The lowest BCUT2D eigenvalue weighted by atomic mass is 9.97. The van der Waals surface area contributed by atoms with Gasteiger partial charge in [-0.2, -0.15) is 0 Å². The number of aromatic nitrogens is 4. The fraction of sp³-hybridized carbons (Fsp3) is 0.0169. The minimum atomic E-state index is -0.625. The van der Waals surface area contributed by atoms with Gasteiger partial charge < -0.3 is 9.13 Å². The molecule has 0 saturated heterocycles. The molecule has 4 nitrogen and oxygen atoms in total. The van der Waals surface area contributed by atoms with Crippen molar-refractivity contribution < 1.29 is 8.78 Å². The third kappa shape index (κ3) is 6.33. The van der Waals surface area contributed by atoms with Crippen LogP contribution in [0.1, 0.15) is 5.56 Å². The maximum absolute atomic E-state index is 16.1. The molecule has 6 heteroatoms. The molecular formula is C59H38F2N4. The standard InChI is InChI=1S/C59H38F2N4/c1-37-53(64-54-27-10-8-19-42(54)45-35-40(29-32-56(45)64)51-25-13-23-49(62-51)38-15-4-2-5-16-38)34-31-44(58-47(60)21-12-22-48(58)61)59(37)65-55-28-11-9-20-43(55)46-36-41(30-33-57(46)65)52-26-14-24-50(63-52)39-17-6-3-7-18-39/h2-36H,1H3. The van der Waals surface area contributed by atoms with Gasteiger partial charge in [0.2, 0.25) is 0 Å². The molecule has 12 aromatic rings. The van der Waals surface area contributed by atoms with Crippen LogP contribution in [-0.4, -0.2) is 19.1 Å². The van der Waals surface area contributed by atoms with E-state index in [-0.39, 0.29) is 5.56 Å². The van der Waals surface area contributed by atoms with Crippen molar-refractivity contribution in [2.75, 3.05) is 0 Å². The van der Waals surface area contributed by atoms with Gasteiger partial charge in [-0.1, -0.05) is 127 Å². The Bertz CT molecular complexity index is 3790. The Balaban J connectivity index is 1.09. The Morgan fingerprint density at radius 3 is 1.32 bits per heavy atom. The highest BCUT2D eigenvalue weighted by Crippen LogP contribution is 2.44. The van der Waals surface area contributed by atoms with Crippen LogP contribution in [0.25, 0.3) is 111 Å². The van der Waals surface area contributed by atoms with Gasteiger partial charge >= 0.3 is 0 Å². The fourth-order valence-electron chi connectivity index (χ4n) is 9.67. The van der Waals surface area contributed by atoms with Crippen molar-refractivity contribution in [1.29, 1.82) is 0 Å². The summed E-state index contributed by atoms with van der Waals surface area (Å²) >= 11 is 0. The predicted molar refractivity (Wildman–Crippen MR) is 263 cm³/mol. The molecular weight excluding hydrogens is 803 g/mol. The molecule has 12 rings (SSSR count). The number of halogens is 2. The number of benzene rings is 8. The predicted octanol–water partition coefficient (Wildman–Crippen LogP) is 15.6. The summed E-state index contributed by atoms with van der Waals surface area (Å²) in [4.78, 5) is 10.2. The van der Waals surface area contributed by atoms with E-state index in [1.54, 1.807) is 0 Å². The smallest absolute Gasteiger partial charge is 0.134 e. The monoisotopic (exact) mass is 840 g/mol. The SMILES string of the molecule is Cc1c(-n2c3ccccc3c3cc(-c4cccc(-c5ccccc5)n4)ccc32)ccc(-c2c(F)cccc2F)c1-n1c2ccccc2c2cc(-c3cccc(-c4ccccc4)n3)ccc21. The molecule has 0 aliphatic heterocycles. The first kappa shape index (κ1) is 38.2. The molecule has 8 aromatic carbocycles. The first-order valence-corrected chi connectivity index (χ1v) is 21.7. The molecule has 0 amide bonds. The van der Waals surface area contributed by atoms with Crippen molar-refractivity contribution in [3.05, 3.63) is 230 Å². The number of hydrogen-bond donors (Lipinski definition) is 0. The van der Waals surface area contributed by atoms with Crippen molar-refractivity contribution in [1.82, 2.24) is 19.1 Å². The van der Waals surface area contributed by atoms with Gasteiger partial charge in [0.05, 0.1) is 61.8 Å². The van der Waals surface area contributed by atoms with Crippen LogP contribution in [-0.2, 0) is 0 Å². The maximum atomic E-state index is 16.1. The molecule has 0 atom stereocenters. The van der Waals surface area contributed by atoms with E-state index in [1.807, 2.05) is 84.9 Å². The Kier molecular flexibility index (Phi) is 9.05. The molecule has 0 radical (unpaired) electrons. The van der Waals surface area contributed by atoms with E-state index in [9.17, 15) is 0 Å². The van der Waals surface area contributed by atoms with Gasteiger partial charge in [0.1, 0.15) is 11.6 Å². The Hall–Kier alpha value is -8.48. The molecule has 0 fully saturated rings. The third-order valence-corrected chi connectivity index (χ3v) is 12.7. The lowest BCUT2D eigenvalue weighted by Crippen LogP contribution is -2.07. The summed E-state index contributed by atoms with van der Waals surface area (Å²) in [6.07, 6.45) is 0. The van der Waals surface area contributed by atoms with Crippen LogP contribution < -0.4 is 0 Å². The van der Waals surface area contributed by atoms with E-state index in [0.717, 1.165) is 99.9 Å². The van der Waals surface area contributed by atoms with Crippen molar-refractivity contribution in [2.45, 2.75) is 6.92 Å². The van der Waals surface area contributed by atoms with E-state index >= 15 is 8.78 Å². The average molecular weight is 841 g/mol. The second kappa shape index (κ2) is 15.4. The summed E-state index contributed by atoms with van der Waals surface area (Å²) in [5.41, 5.74) is 14.3. The topological polar surface area (TPSA) is 35.6 Å². The number of hydrogen-bond acceptors (Lipinski definition) is 2. The van der Waals surface area contributed by atoms with Gasteiger partial charge in [-0.15, -0.1) is 0 Å². The zero-order valence-electron chi connectivity index (χ0n) is 35.3. The van der Waals surface area contributed by atoms with Crippen LogP contribution >= 0.6 is 0 Å². The lowest BCUT2D eigenvalue weighted by molar-refractivity contribution is 0.589. The third-order valence-electron chi connectivity index (χ3n) is 12.7. The zero-order valence-corrected chi connectivity index (χ0v) is 35.3. The van der Waals surface area contributed by atoms with Gasteiger partial charge in [0.15, 0.2) is 0 Å². The molecule has 0 bridgehead atoms. The molecule has 4 heterocycles. The van der Waals surface area contributed by atoms with E-state index < -0.39 is 11.6 Å². The molecule has 0 saturated carbocycles. The van der Waals surface area contributed by atoms with Gasteiger partial charge in [-0.3, -0.25) is 0 Å². The molecule has 0 aliphatic carbocycles. The highest BCUT2D eigenvalue weighted by Gasteiger charge is 2.25. The van der Waals surface area contributed by atoms with Gasteiger partial charge in [0, 0.05) is 49.4 Å². The summed E-state index contributed by atoms with van der Waals surface area (Å²) in [6, 6.07) is 70.1. The first-order chi connectivity index (χ1) is 32.0. The Labute approximate surface area is 374 Å². The molecule has 65 heavy (non-hydrogen) atoms. The van der Waals surface area contributed by atoms with Crippen LogP contribution in [0.4, 0.5) is 8.78 Å². The normalized spacial score (nSPS) is 11.6. The Morgan fingerprint density at radius 1 is 0.354 bits per heavy atom. The molecule has 0 unspecified atom stereocenters. The summed E-state index contributed by atoms with van der Waals surface area (Å²) in [7, 11) is 0. The number of fused-ring (bicyclic) bond motifs is 6. The summed E-state index contributed by atoms with van der Waals surface area (Å²) < 4.78 is 36.7. The average Bonchev–Trinajstić information content (AvgIpc) is 3.86. The highest BCUT2D eigenvalue weighted by atomic mass is 19.1. The molecule has 0 aliphatic rings. The van der Waals surface area contributed by atoms with Crippen LogP contribution in [0, 0.1) is 18.6 Å². The Morgan fingerprint density at radius 2 is 0.785 bits per heavy atom. The van der Waals surface area contributed by atoms with E-state index in [1.165, 1.54) is 18.2 Å². The van der Waals surface area contributed by atoms with Crippen LogP contribution in [0.2, 0.25) is 0 Å². The molecule has 0 spiro atoms. The summed E-state index contributed by atoms with van der Waals surface area (Å²) in [6.45, 7) is 2.06. The fourth-order valence-corrected chi connectivity index (χ4v) is 9.67. The second-order valence-corrected chi connectivity index (χ2v) is 16.4. The number of para-hydroxylation sites is 2. The van der Waals surface area contributed by atoms with Crippen molar-refractivity contribution in [2.24, 2.45) is 0 Å². The summed E-state index contributed by atoms with van der Waals surface area (Å²) in [5, 5.41) is 4.18. The van der Waals surface area contributed by atoms with Crippen molar-refractivity contribution in [3.8, 4) is 67.5 Å². The number of rotatable bonds is 7. The van der Waals surface area contributed by atoms with E-state index in [4.69, 9.17) is 9.97 Å². The number of pyridine rings is 2.